The van der Waals surface area contributed by atoms with Gasteiger partial charge in [-0.05, 0) is 18.6 Å². The molecule has 1 aromatic rings. The van der Waals surface area contributed by atoms with Gasteiger partial charge in [-0.15, -0.1) is 0 Å². The van der Waals surface area contributed by atoms with Crippen molar-refractivity contribution in [2.45, 2.75) is 19.0 Å². The van der Waals surface area contributed by atoms with Crippen LogP contribution in [0.4, 0.5) is 0 Å². The molecular weight excluding hydrogens is 309 g/mol. The molecule has 0 aliphatic carbocycles. The molecule has 7 heteroatoms. The maximum atomic E-state index is 11.4. The van der Waals surface area contributed by atoms with Crippen LogP contribution in [0, 0.1) is 0 Å². The fourth-order valence-electron chi connectivity index (χ4n) is 2.18. The summed E-state index contributed by atoms with van der Waals surface area (Å²) >= 11 is 12.0. The standard InChI is InChI=1S/C12H15Cl2NO3S/c1-18-12-8(4-9(13)5-11(12)14)6-15-10-2-3-19(16,17)7-10/h4-5,10,15H,2-3,6-7H2,1H3/t10-/m1/s1. The lowest BCUT2D eigenvalue weighted by Gasteiger charge is -2.14. The monoisotopic (exact) mass is 323 g/mol. The minimum absolute atomic E-state index is 0.0209. The van der Waals surface area contributed by atoms with Gasteiger partial charge in [0.1, 0.15) is 5.75 Å². The van der Waals surface area contributed by atoms with Gasteiger partial charge in [-0.3, -0.25) is 0 Å². The van der Waals surface area contributed by atoms with Crippen molar-refractivity contribution < 1.29 is 13.2 Å². The highest BCUT2D eigenvalue weighted by Crippen LogP contribution is 2.32. The van der Waals surface area contributed by atoms with E-state index in [9.17, 15) is 8.42 Å². The average Bonchev–Trinajstić information content (AvgIpc) is 2.66. The van der Waals surface area contributed by atoms with Gasteiger partial charge < -0.3 is 10.1 Å². The lowest BCUT2D eigenvalue weighted by atomic mass is 10.1. The van der Waals surface area contributed by atoms with Crippen LogP contribution in [0.1, 0.15) is 12.0 Å². The molecule has 19 heavy (non-hydrogen) atoms. The van der Waals surface area contributed by atoms with E-state index in [0.717, 1.165) is 5.56 Å². The molecule has 1 aromatic carbocycles. The van der Waals surface area contributed by atoms with E-state index >= 15 is 0 Å². The highest BCUT2D eigenvalue weighted by atomic mass is 35.5. The van der Waals surface area contributed by atoms with Gasteiger partial charge in [0.25, 0.3) is 0 Å². The molecule has 1 saturated heterocycles. The van der Waals surface area contributed by atoms with Crippen molar-refractivity contribution >= 4 is 33.0 Å². The summed E-state index contributed by atoms with van der Waals surface area (Å²) in [6.45, 7) is 0.476. The first-order valence-corrected chi connectivity index (χ1v) is 8.45. The van der Waals surface area contributed by atoms with Gasteiger partial charge in [-0.2, -0.15) is 0 Å². The van der Waals surface area contributed by atoms with Crippen LogP contribution >= 0.6 is 23.2 Å². The first-order valence-electron chi connectivity index (χ1n) is 5.87. The van der Waals surface area contributed by atoms with Gasteiger partial charge in [0.05, 0.1) is 23.6 Å². The maximum absolute atomic E-state index is 11.4. The average molecular weight is 324 g/mol. The Hall–Kier alpha value is -0.490. The van der Waals surface area contributed by atoms with E-state index in [0.29, 0.717) is 28.8 Å². The van der Waals surface area contributed by atoms with Crippen molar-refractivity contribution in [2.75, 3.05) is 18.6 Å². The molecular formula is C12H15Cl2NO3S. The SMILES string of the molecule is COc1c(Cl)cc(Cl)cc1CN[C@@H]1CCS(=O)(=O)C1. The van der Waals surface area contributed by atoms with E-state index in [2.05, 4.69) is 5.32 Å². The second kappa shape index (κ2) is 5.87. The molecule has 1 aliphatic heterocycles. The Morgan fingerprint density at radius 1 is 1.42 bits per heavy atom. The molecule has 0 aromatic heterocycles. The Morgan fingerprint density at radius 2 is 2.16 bits per heavy atom. The molecule has 0 saturated carbocycles. The van der Waals surface area contributed by atoms with Crippen molar-refractivity contribution in [3.63, 3.8) is 0 Å². The van der Waals surface area contributed by atoms with E-state index in [1.54, 1.807) is 19.2 Å². The Balaban J connectivity index is 2.07. The van der Waals surface area contributed by atoms with Crippen molar-refractivity contribution in [1.29, 1.82) is 0 Å². The van der Waals surface area contributed by atoms with Crippen LogP contribution in [0.25, 0.3) is 0 Å². The predicted molar refractivity (Wildman–Crippen MR) is 76.9 cm³/mol. The zero-order chi connectivity index (χ0) is 14.0. The highest BCUT2D eigenvalue weighted by molar-refractivity contribution is 7.91. The number of ether oxygens (including phenoxy) is 1. The third kappa shape index (κ3) is 3.75. The summed E-state index contributed by atoms with van der Waals surface area (Å²) in [5, 5.41) is 4.19. The van der Waals surface area contributed by atoms with Gasteiger partial charge in [-0.25, -0.2) is 8.42 Å². The molecule has 0 bridgehead atoms. The number of nitrogens with one attached hydrogen (secondary N) is 1. The molecule has 1 heterocycles. The lowest BCUT2D eigenvalue weighted by Crippen LogP contribution is -2.29. The second-order valence-electron chi connectivity index (χ2n) is 4.56. The van der Waals surface area contributed by atoms with Crippen molar-refractivity contribution in [3.8, 4) is 5.75 Å². The van der Waals surface area contributed by atoms with Crippen LogP contribution < -0.4 is 10.1 Å². The number of sulfone groups is 1. The minimum atomic E-state index is -2.88. The number of rotatable bonds is 4. The number of hydrogen-bond donors (Lipinski definition) is 1. The molecule has 106 valence electrons. The van der Waals surface area contributed by atoms with Crippen molar-refractivity contribution in [1.82, 2.24) is 5.32 Å². The van der Waals surface area contributed by atoms with Crippen LogP contribution in [0.5, 0.6) is 5.75 Å². The minimum Gasteiger partial charge on any atom is -0.495 e. The quantitative estimate of drug-likeness (QED) is 0.923. The zero-order valence-corrected chi connectivity index (χ0v) is 12.8. The Kier molecular flexibility index (Phi) is 4.61. The van der Waals surface area contributed by atoms with Crippen LogP contribution in [0.3, 0.4) is 0 Å². The fourth-order valence-corrected chi connectivity index (χ4v) is 4.50. The van der Waals surface area contributed by atoms with Gasteiger partial charge in [0.15, 0.2) is 9.84 Å². The molecule has 1 aliphatic rings. The molecule has 0 amide bonds. The lowest BCUT2D eigenvalue weighted by molar-refractivity contribution is 0.406. The van der Waals surface area contributed by atoms with Crippen LogP contribution in [-0.4, -0.2) is 33.1 Å². The zero-order valence-electron chi connectivity index (χ0n) is 10.4. The van der Waals surface area contributed by atoms with Crippen LogP contribution in [0.15, 0.2) is 12.1 Å². The number of halogens is 2. The summed E-state index contributed by atoms with van der Waals surface area (Å²) in [6.07, 6.45) is 0.638. The Labute approximate surface area is 123 Å². The molecule has 4 nitrogen and oxygen atoms in total. The molecule has 0 unspecified atom stereocenters. The molecule has 1 atom stereocenters. The number of methoxy groups -OCH3 is 1. The van der Waals surface area contributed by atoms with E-state index in [-0.39, 0.29) is 17.5 Å². The summed E-state index contributed by atoms with van der Waals surface area (Å²) in [6, 6.07) is 3.36. The Morgan fingerprint density at radius 3 is 2.74 bits per heavy atom. The predicted octanol–water partition coefficient (Wildman–Crippen LogP) is 2.28. The van der Waals surface area contributed by atoms with Gasteiger partial charge in [-0.1, -0.05) is 23.2 Å². The summed E-state index contributed by atoms with van der Waals surface area (Å²) in [7, 11) is -1.34. The van der Waals surface area contributed by atoms with Crippen molar-refractivity contribution in [2.24, 2.45) is 0 Å². The normalized spacial score (nSPS) is 21.5. The smallest absolute Gasteiger partial charge is 0.151 e. The molecule has 1 fully saturated rings. The topological polar surface area (TPSA) is 55.4 Å². The third-order valence-corrected chi connectivity index (χ3v) is 5.37. The first-order chi connectivity index (χ1) is 8.91. The number of benzene rings is 1. The van der Waals surface area contributed by atoms with E-state index in [1.807, 2.05) is 0 Å². The number of hydrogen-bond acceptors (Lipinski definition) is 4. The van der Waals surface area contributed by atoms with Gasteiger partial charge in [0, 0.05) is 23.2 Å². The molecule has 0 spiro atoms. The largest absolute Gasteiger partial charge is 0.495 e. The summed E-state index contributed by atoms with van der Waals surface area (Å²) in [5.41, 5.74) is 0.823. The second-order valence-corrected chi connectivity index (χ2v) is 7.63. The fraction of sp³-hybridized carbons (Fsp3) is 0.500. The summed E-state index contributed by atoms with van der Waals surface area (Å²) < 4.78 is 28.0. The molecule has 0 radical (unpaired) electrons. The molecule has 1 N–H and O–H groups in total. The molecule has 2 rings (SSSR count). The summed E-state index contributed by atoms with van der Waals surface area (Å²) in [5.74, 6) is 1.00. The van der Waals surface area contributed by atoms with Gasteiger partial charge in [0.2, 0.25) is 0 Å². The van der Waals surface area contributed by atoms with Crippen molar-refractivity contribution in [3.05, 3.63) is 27.7 Å². The Bertz CT molecular complexity index is 575. The first kappa shape index (κ1) is 14.9. The third-order valence-electron chi connectivity index (χ3n) is 3.10. The van der Waals surface area contributed by atoms with Gasteiger partial charge >= 0.3 is 0 Å². The van der Waals surface area contributed by atoms with Crippen LogP contribution in [-0.2, 0) is 16.4 Å². The van der Waals surface area contributed by atoms with E-state index < -0.39 is 9.84 Å². The van der Waals surface area contributed by atoms with Crippen LogP contribution in [0.2, 0.25) is 10.0 Å². The highest BCUT2D eigenvalue weighted by Gasteiger charge is 2.27. The summed E-state index contributed by atoms with van der Waals surface area (Å²) in [4.78, 5) is 0. The van der Waals surface area contributed by atoms with E-state index in [1.165, 1.54) is 0 Å². The van der Waals surface area contributed by atoms with E-state index in [4.69, 9.17) is 27.9 Å². The maximum Gasteiger partial charge on any atom is 0.151 e.